The Balaban J connectivity index is 1.98. The van der Waals surface area contributed by atoms with E-state index in [-0.39, 0.29) is 17.6 Å². The molecule has 3 rings (SSSR count). The van der Waals surface area contributed by atoms with E-state index in [1.807, 2.05) is 30.3 Å². The summed E-state index contributed by atoms with van der Waals surface area (Å²) in [7, 11) is 0. The summed E-state index contributed by atoms with van der Waals surface area (Å²) >= 11 is 0. The van der Waals surface area contributed by atoms with Crippen molar-refractivity contribution >= 4 is 5.78 Å². The van der Waals surface area contributed by atoms with Crippen molar-refractivity contribution < 1.29 is 14.6 Å². The van der Waals surface area contributed by atoms with Gasteiger partial charge in [0.15, 0.2) is 5.78 Å². The topological polar surface area (TPSA) is 46.5 Å². The fourth-order valence-electron chi connectivity index (χ4n) is 2.17. The Bertz CT molecular complexity index is 590. The van der Waals surface area contributed by atoms with Crippen molar-refractivity contribution in [3.05, 3.63) is 59.7 Å². The molecule has 0 saturated heterocycles. The lowest BCUT2D eigenvalue weighted by Crippen LogP contribution is -2.20. The summed E-state index contributed by atoms with van der Waals surface area (Å²) in [6, 6.07) is 14.2. The van der Waals surface area contributed by atoms with E-state index in [0.717, 1.165) is 5.56 Å². The fourth-order valence-corrected chi connectivity index (χ4v) is 2.17. The minimum atomic E-state index is -0.270. The summed E-state index contributed by atoms with van der Waals surface area (Å²) in [5.41, 5.74) is 1.51. The average Bonchev–Trinajstić information content (AvgIpc) is 2.39. The molecule has 1 N–H and O–H groups in total. The summed E-state index contributed by atoms with van der Waals surface area (Å²) < 4.78 is 5.79. The van der Waals surface area contributed by atoms with Gasteiger partial charge in [-0.2, -0.15) is 0 Å². The van der Waals surface area contributed by atoms with Gasteiger partial charge in [-0.25, -0.2) is 0 Å². The van der Waals surface area contributed by atoms with Gasteiger partial charge in [0.25, 0.3) is 0 Å². The van der Waals surface area contributed by atoms with Crippen molar-refractivity contribution in [3.8, 4) is 11.5 Å². The van der Waals surface area contributed by atoms with Crippen LogP contribution in [0.4, 0.5) is 0 Å². The molecule has 18 heavy (non-hydrogen) atoms. The summed E-state index contributed by atoms with van der Waals surface area (Å²) in [6.07, 6.45) is 0.0647. The van der Waals surface area contributed by atoms with Gasteiger partial charge in [0, 0.05) is 6.07 Å². The lowest BCUT2D eigenvalue weighted by Gasteiger charge is -2.25. The number of carbonyl (C=O) groups is 1. The highest BCUT2D eigenvalue weighted by Crippen LogP contribution is 2.36. The van der Waals surface area contributed by atoms with E-state index in [2.05, 4.69) is 0 Å². The predicted molar refractivity (Wildman–Crippen MR) is 66.9 cm³/mol. The minimum Gasteiger partial charge on any atom is -0.508 e. The van der Waals surface area contributed by atoms with Gasteiger partial charge in [-0.3, -0.25) is 4.79 Å². The number of hydrogen-bond donors (Lipinski definition) is 1. The fraction of sp³-hybridized carbons (Fsp3) is 0.133. The molecule has 2 aromatic rings. The Morgan fingerprint density at radius 3 is 2.67 bits per heavy atom. The van der Waals surface area contributed by atoms with Crippen molar-refractivity contribution in [2.45, 2.75) is 12.5 Å². The van der Waals surface area contributed by atoms with Gasteiger partial charge < -0.3 is 9.84 Å². The second-order valence-electron chi connectivity index (χ2n) is 4.32. The molecule has 1 atom stereocenters. The third kappa shape index (κ3) is 1.84. The number of hydrogen-bond acceptors (Lipinski definition) is 3. The zero-order valence-corrected chi connectivity index (χ0v) is 9.67. The second-order valence-corrected chi connectivity index (χ2v) is 4.32. The van der Waals surface area contributed by atoms with E-state index >= 15 is 0 Å². The predicted octanol–water partition coefficient (Wildman–Crippen LogP) is 3.10. The number of fused-ring (bicyclic) bond motifs is 1. The standard InChI is InChI=1S/C15H12O3/c16-11-6-7-12-13(17)9-14(18-15(12)8-11)10-4-2-1-3-5-10/h1-8,14,16H,9H2/t14-/m1/s1. The highest BCUT2D eigenvalue weighted by Gasteiger charge is 2.27. The zero-order chi connectivity index (χ0) is 12.5. The van der Waals surface area contributed by atoms with Gasteiger partial charge in [-0.1, -0.05) is 30.3 Å². The maximum Gasteiger partial charge on any atom is 0.170 e. The van der Waals surface area contributed by atoms with Crippen LogP contribution < -0.4 is 4.74 Å². The van der Waals surface area contributed by atoms with Crippen LogP contribution in [0.2, 0.25) is 0 Å². The highest BCUT2D eigenvalue weighted by molar-refractivity contribution is 6.00. The van der Waals surface area contributed by atoms with Crippen molar-refractivity contribution in [2.75, 3.05) is 0 Å². The Kier molecular flexibility index (Phi) is 2.52. The molecule has 0 unspecified atom stereocenters. The molecule has 3 heteroatoms. The zero-order valence-electron chi connectivity index (χ0n) is 9.67. The molecule has 2 aromatic carbocycles. The third-order valence-corrected chi connectivity index (χ3v) is 3.08. The lowest BCUT2D eigenvalue weighted by atomic mass is 9.96. The molecule has 1 aliphatic rings. The largest absolute Gasteiger partial charge is 0.508 e. The lowest BCUT2D eigenvalue weighted by molar-refractivity contribution is 0.0849. The Labute approximate surface area is 105 Å². The molecule has 0 spiro atoms. The Hall–Kier alpha value is -2.29. The normalized spacial score (nSPS) is 18.0. The van der Waals surface area contributed by atoms with E-state index in [1.165, 1.54) is 12.1 Å². The summed E-state index contributed by atoms with van der Waals surface area (Å²) in [4.78, 5) is 12.0. The summed E-state index contributed by atoms with van der Waals surface area (Å²) in [6.45, 7) is 0. The van der Waals surface area contributed by atoms with Crippen LogP contribution in [-0.2, 0) is 0 Å². The van der Waals surface area contributed by atoms with Crippen LogP contribution in [0.3, 0.4) is 0 Å². The van der Waals surface area contributed by atoms with Gasteiger partial charge in [0.1, 0.15) is 17.6 Å². The first-order valence-corrected chi connectivity index (χ1v) is 5.82. The smallest absolute Gasteiger partial charge is 0.170 e. The third-order valence-electron chi connectivity index (χ3n) is 3.08. The van der Waals surface area contributed by atoms with Crippen molar-refractivity contribution in [1.82, 2.24) is 0 Å². The van der Waals surface area contributed by atoms with Gasteiger partial charge in [-0.15, -0.1) is 0 Å². The molecule has 1 heterocycles. The average molecular weight is 240 g/mol. The van der Waals surface area contributed by atoms with Crippen LogP contribution in [0.5, 0.6) is 11.5 Å². The molecule has 3 nitrogen and oxygen atoms in total. The van der Waals surface area contributed by atoms with Gasteiger partial charge in [-0.05, 0) is 17.7 Å². The molecule has 0 aromatic heterocycles. The number of phenolic OH excluding ortho intramolecular Hbond substituents is 1. The first-order chi connectivity index (χ1) is 8.74. The number of aromatic hydroxyl groups is 1. The molecule has 90 valence electrons. The van der Waals surface area contributed by atoms with Crippen LogP contribution in [0.25, 0.3) is 0 Å². The van der Waals surface area contributed by atoms with Crippen molar-refractivity contribution in [1.29, 1.82) is 0 Å². The summed E-state index contributed by atoms with van der Waals surface area (Å²) in [5, 5.41) is 9.44. The van der Waals surface area contributed by atoms with Crippen molar-refractivity contribution in [3.63, 3.8) is 0 Å². The van der Waals surface area contributed by atoms with Crippen LogP contribution in [-0.4, -0.2) is 10.9 Å². The van der Waals surface area contributed by atoms with Crippen LogP contribution in [0.1, 0.15) is 28.4 Å². The second kappa shape index (κ2) is 4.18. The number of benzene rings is 2. The number of ketones is 1. The molecule has 1 aliphatic heterocycles. The quantitative estimate of drug-likeness (QED) is 0.833. The van der Waals surface area contributed by atoms with Gasteiger partial charge >= 0.3 is 0 Å². The van der Waals surface area contributed by atoms with Crippen molar-refractivity contribution in [2.24, 2.45) is 0 Å². The maximum atomic E-state index is 12.0. The number of ether oxygens (including phenoxy) is 1. The molecule has 0 saturated carbocycles. The van der Waals surface area contributed by atoms with E-state index < -0.39 is 0 Å². The first kappa shape index (κ1) is 10.8. The maximum absolute atomic E-state index is 12.0. The van der Waals surface area contributed by atoms with Gasteiger partial charge in [0.05, 0.1) is 12.0 Å². The number of Topliss-reactive ketones (excluding diaryl/α,β-unsaturated/α-hetero) is 1. The molecule has 0 aliphatic carbocycles. The minimum absolute atomic E-state index is 0.0464. The van der Waals surface area contributed by atoms with E-state index in [1.54, 1.807) is 6.07 Å². The van der Waals surface area contributed by atoms with E-state index in [9.17, 15) is 9.90 Å². The SMILES string of the molecule is O=C1C[C@H](c2ccccc2)Oc2cc(O)ccc21. The van der Waals surface area contributed by atoms with E-state index in [0.29, 0.717) is 17.7 Å². The monoisotopic (exact) mass is 240 g/mol. The Morgan fingerprint density at radius 2 is 1.89 bits per heavy atom. The first-order valence-electron chi connectivity index (χ1n) is 5.82. The Morgan fingerprint density at radius 1 is 1.11 bits per heavy atom. The number of carbonyl (C=O) groups excluding carboxylic acids is 1. The molecule has 0 bridgehead atoms. The molecule has 0 radical (unpaired) electrons. The summed E-state index contributed by atoms with van der Waals surface area (Å²) in [5.74, 6) is 0.612. The number of phenols is 1. The molecular weight excluding hydrogens is 228 g/mol. The molecule has 0 fully saturated rings. The van der Waals surface area contributed by atoms with Gasteiger partial charge in [0.2, 0.25) is 0 Å². The van der Waals surface area contributed by atoms with Crippen LogP contribution in [0.15, 0.2) is 48.5 Å². The van der Waals surface area contributed by atoms with Crippen LogP contribution in [0, 0.1) is 0 Å². The van der Waals surface area contributed by atoms with Crippen LogP contribution >= 0.6 is 0 Å². The number of rotatable bonds is 1. The van der Waals surface area contributed by atoms with E-state index in [4.69, 9.17) is 4.74 Å². The molecular formula is C15H12O3. The highest BCUT2D eigenvalue weighted by atomic mass is 16.5. The molecule has 0 amide bonds.